The minimum Gasteiger partial charge on any atom is -0.371 e. The van der Waals surface area contributed by atoms with Crippen LogP contribution in [-0.4, -0.2) is 18.0 Å². The van der Waals surface area contributed by atoms with Crippen molar-refractivity contribution in [1.82, 2.24) is 4.90 Å². The van der Waals surface area contributed by atoms with Crippen molar-refractivity contribution in [2.45, 2.75) is 39.2 Å². The first kappa shape index (κ1) is 16.5. The van der Waals surface area contributed by atoms with E-state index in [1.54, 1.807) is 6.08 Å². The lowest BCUT2D eigenvalue weighted by Gasteiger charge is -2.32. The third kappa shape index (κ3) is 5.72. The lowest BCUT2D eigenvalue weighted by atomic mass is 9.98. The smallest absolute Gasteiger partial charge is 0.0533 e. The van der Waals surface area contributed by atoms with Crippen LogP contribution in [0.4, 0.5) is 0 Å². The van der Waals surface area contributed by atoms with Gasteiger partial charge in [-0.2, -0.15) is 0 Å². The average Bonchev–Trinajstić information content (AvgIpc) is 2.34. The van der Waals surface area contributed by atoms with E-state index in [4.69, 9.17) is 0 Å². The van der Waals surface area contributed by atoms with Crippen molar-refractivity contribution in [3.8, 4) is 0 Å². The van der Waals surface area contributed by atoms with E-state index in [1.165, 1.54) is 5.57 Å². The van der Waals surface area contributed by atoms with E-state index in [9.17, 15) is 0 Å². The predicted octanol–water partition coefficient (Wildman–Crippen LogP) is 4.87. The molecule has 0 aliphatic heterocycles. The Kier molecular flexibility index (Phi) is 7.86. The second-order valence-electron chi connectivity index (χ2n) is 4.71. The summed E-state index contributed by atoms with van der Waals surface area (Å²) in [4.78, 5) is 2.22. The van der Waals surface area contributed by atoms with Crippen molar-refractivity contribution < 1.29 is 0 Å². The van der Waals surface area contributed by atoms with Gasteiger partial charge in [0, 0.05) is 12.7 Å². The summed E-state index contributed by atoms with van der Waals surface area (Å²) in [5, 5.41) is 0. The van der Waals surface area contributed by atoms with Gasteiger partial charge in [-0.15, -0.1) is 6.58 Å². The molecule has 1 atom stereocenters. The van der Waals surface area contributed by atoms with E-state index in [-0.39, 0.29) is 6.04 Å². The molecule has 100 valence electrons. The Labute approximate surface area is 113 Å². The Balaban J connectivity index is 4.85. The molecule has 0 saturated heterocycles. The molecule has 0 spiro atoms. The highest BCUT2D eigenvalue weighted by atomic mass is 15.1. The molecule has 0 aliphatic carbocycles. The second-order valence-corrected chi connectivity index (χ2v) is 4.71. The van der Waals surface area contributed by atoms with Crippen LogP contribution in [0.1, 0.15) is 33.1 Å². The molecule has 18 heavy (non-hydrogen) atoms. The fourth-order valence-corrected chi connectivity index (χ4v) is 1.78. The highest BCUT2D eigenvalue weighted by Gasteiger charge is 2.16. The fourth-order valence-electron chi connectivity index (χ4n) is 1.78. The van der Waals surface area contributed by atoms with E-state index in [0.29, 0.717) is 0 Å². The van der Waals surface area contributed by atoms with Crippen molar-refractivity contribution in [1.29, 1.82) is 0 Å². The molecule has 0 bridgehead atoms. The Morgan fingerprint density at radius 2 is 1.89 bits per heavy atom. The topological polar surface area (TPSA) is 3.24 Å². The van der Waals surface area contributed by atoms with Crippen LogP contribution in [0.3, 0.4) is 0 Å². The van der Waals surface area contributed by atoms with E-state index in [1.807, 2.05) is 12.2 Å². The predicted molar refractivity (Wildman–Crippen MR) is 83.5 cm³/mol. The van der Waals surface area contributed by atoms with Gasteiger partial charge in [-0.05, 0) is 31.8 Å². The first-order chi connectivity index (χ1) is 8.43. The van der Waals surface area contributed by atoms with Gasteiger partial charge >= 0.3 is 0 Å². The van der Waals surface area contributed by atoms with Crippen LogP contribution in [0.25, 0.3) is 0 Å². The number of likely N-dealkylation sites (N-methyl/N-ethyl adjacent to an activating group) is 1. The maximum atomic E-state index is 4.16. The summed E-state index contributed by atoms with van der Waals surface area (Å²) < 4.78 is 0. The van der Waals surface area contributed by atoms with Crippen molar-refractivity contribution >= 4 is 0 Å². The largest absolute Gasteiger partial charge is 0.371 e. The average molecular weight is 245 g/mol. The maximum absolute atomic E-state index is 4.16. The number of nitrogens with zero attached hydrogens (tertiary/aromatic N) is 1. The van der Waals surface area contributed by atoms with E-state index >= 15 is 0 Å². The van der Waals surface area contributed by atoms with Crippen LogP contribution in [-0.2, 0) is 0 Å². The quantitative estimate of drug-likeness (QED) is 0.414. The molecule has 1 unspecified atom stereocenters. The number of hydrogen-bond acceptors (Lipinski definition) is 1. The Morgan fingerprint density at radius 1 is 1.28 bits per heavy atom. The number of allylic oxidation sites excluding steroid dienone is 4. The molecular weight excluding hydrogens is 218 g/mol. The molecule has 0 N–H and O–H groups in total. The maximum Gasteiger partial charge on any atom is 0.0533 e. The van der Waals surface area contributed by atoms with Crippen molar-refractivity contribution in [3.05, 3.63) is 61.4 Å². The van der Waals surface area contributed by atoms with Gasteiger partial charge in [0.15, 0.2) is 0 Å². The monoisotopic (exact) mass is 245 g/mol. The molecule has 0 rings (SSSR count). The summed E-state index contributed by atoms with van der Waals surface area (Å²) in [5.41, 5.74) is 3.43. The summed E-state index contributed by atoms with van der Waals surface area (Å²) in [5.74, 6) is 0. The van der Waals surface area contributed by atoms with Crippen LogP contribution in [0.2, 0.25) is 0 Å². The second kappa shape index (κ2) is 8.57. The zero-order valence-corrected chi connectivity index (χ0v) is 12.2. The van der Waals surface area contributed by atoms with Crippen LogP contribution in [0.15, 0.2) is 61.4 Å². The fraction of sp³-hybridized carbons (Fsp3) is 0.412. The van der Waals surface area contributed by atoms with Crippen molar-refractivity contribution in [3.63, 3.8) is 0 Å². The van der Waals surface area contributed by atoms with Crippen molar-refractivity contribution in [2.24, 2.45) is 0 Å². The standard InChI is InChI=1S/C17H27N/c1-8-10-11-15(5)17(13-12-14(3)4)18(7)16(6)9-2/h8,10-11,17H,1,3,5-6,9,12-13H2,2,4,7H3/b11-10-. The first-order valence-corrected chi connectivity index (χ1v) is 6.46. The number of rotatable bonds is 9. The summed E-state index contributed by atoms with van der Waals surface area (Å²) in [7, 11) is 2.09. The van der Waals surface area contributed by atoms with Gasteiger partial charge in [0.25, 0.3) is 0 Å². The molecule has 0 aromatic heterocycles. The zero-order valence-electron chi connectivity index (χ0n) is 12.2. The molecule has 1 heteroatoms. The molecular formula is C17H27N. The Bertz CT molecular complexity index is 347. The lowest BCUT2D eigenvalue weighted by Crippen LogP contribution is -2.31. The molecule has 0 aromatic carbocycles. The zero-order chi connectivity index (χ0) is 14.1. The van der Waals surface area contributed by atoms with Crippen LogP contribution < -0.4 is 0 Å². The summed E-state index contributed by atoms with van der Waals surface area (Å²) >= 11 is 0. The van der Waals surface area contributed by atoms with Crippen LogP contribution >= 0.6 is 0 Å². The Hall–Kier alpha value is -1.50. The molecule has 0 aliphatic rings. The van der Waals surface area contributed by atoms with Gasteiger partial charge in [-0.1, -0.05) is 50.5 Å². The molecule has 1 nitrogen and oxygen atoms in total. The first-order valence-electron chi connectivity index (χ1n) is 6.46. The van der Waals surface area contributed by atoms with Gasteiger partial charge in [0.2, 0.25) is 0 Å². The highest BCUT2D eigenvalue weighted by molar-refractivity contribution is 5.25. The third-order valence-corrected chi connectivity index (χ3v) is 3.09. The third-order valence-electron chi connectivity index (χ3n) is 3.09. The molecule has 0 fully saturated rings. The minimum absolute atomic E-state index is 0.283. The van der Waals surface area contributed by atoms with Gasteiger partial charge in [-0.3, -0.25) is 0 Å². The van der Waals surface area contributed by atoms with E-state index in [0.717, 1.165) is 30.5 Å². The van der Waals surface area contributed by atoms with E-state index in [2.05, 4.69) is 52.1 Å². The van der Waals surface area contributed by atoms with Gasteiger partial charge in [0.1, 0.15) is 0 Å². The SMILES string of the molecule is C=C/C=C\C(=C)C(CCC(=C)C)N(C)C(=C)CC. The van der Waals surface area contributed by atoms with Gasteiger partial charge < -0.3 is 4.90 Å². The highest BCUT2D eigenvalue weighted by Crippen LogP contribution is 2.21. The summed E-state index contributed by atoms with van der Waals surface area (Å²) in [6.07, 6.45) is 8.71. The van der Waals surface area contributed by atoms with Crippen molar-refractivity contribution in [2.75, 3.05) is 7.05 Å². The molecule has 0 aromatic rings. The number of hydrogen-bond donors (Lipinski definition) is 0. The van der Waals surface area contributed by atoms with Gasteiger partial charge in [0.05, 0.1) is 6.04 Å². The summed E-state index contributed by atoms with van der Waals surface area (Å²) in [6.45, 7) is 20.1. The molecule has 0 heterocycles. The molecule has 0 amide bonds. The van der Waals surface area contributed by atoms with Crippen LogP contribution in [0.5, 0.6) is 0 Å². The Morgan fingerprint density at radius 3 is 2.33 bits per heavy atom. The normalized spacial score (nSPS) is 12.2. The minimum atomic E-state index is 0.283. The lowest BCUT2D eigenvalue weighted by molar-refractivity contribution is 0.321. The summed E-state index contributed by atoms with van der Waals surface area (Å²) in [6, 6.07) is 0.283. The molecule has 0 radical (unpaired) electrons. The van der Waals surface area contributed by atoms with E-state index < -0.39 is 0 Å². The van der Waals surface area contributed by atoms with Crippen LogP contribution in [0, 0.1) is 0 Å². The molecule has 0 saturated carbocycles. The van der Waals surface area contributed by atoms with Gasteiger partial charge in [-0.25, -0.2) is 0 Å².